The maximum absolute atomic E-state index is 14.5. The van der Waals surface area contributed by atoms with Gasteiger partial charge in [-0.3, -0.25) is 0 Å². The molecule has 9 nitrogen and oxygen atoms in total. The van der Waals surface area contributed by atoms with Gasteiger partial charge in [0.05, 0.1) is 18.9 Å². The Morgan fingerprint density at radius 1 is 1.15 bits per heavy atom. The fraction of sp³-hybridized carbons (Fsp3) is 0.478. The van der Waals surface area contributed by atoms with Crippen LogP contribution in [-0.2, 0) is 6.54 Å². The molecule has 4 rings (SSSR count). The van der Waals surface area contributed by atoms with E-state index in [1.807, 2.05) is 0 Å². The summed E-state index contributed by atoms with van der Waals surface area (Å²) in [7, 11) is 0. The Morgan fingerprint density at radius 3 is 2.62 bits per heavy atom. The summed E-state index contributed by atoms with van der Waals surface area (Å²) in [4.78, 5) is 8.31. The SMILES string of the molecule is CC1(C)CC(Nc2nc(Nc3cc(F)cc(OCCn4ccnn4)c3)ncc2F)CC(C)(C)N1. The lowest BCUT2D eigenvalue weighted by molar-refractivity contribution is 0.170. The molecule has 3 aromatic rings. The van der Waals surface area contributed by atoms with Gasteiger partial charge in [0, 0.05) is 41.1 Å². The highest BCUT2D eigenvalue weighted by Gasteiger charge is 2.38. The van der Waals surface area contributed by atoms with E-state index in [0.29, 0.717) is 18.0 Å². The minimum absolute atomic E-state index is 0.0302. The molecule has 11 heteroatoms. The third-order valence-electron chi connectivity index (χ3n) is 5.46. The molecule has 1 aliphatic rings. The summed E-state index contributed by atoms with van der Waals surface area (Å²) in [5.74, 6) is -0.439. The van der Waals surface area contributed by atoms with E-state index in [9.17, 15) is 8.78 Å². The molecular formula is C23H30F2N8O. The van der Waals surface area contributed by atoms with Crippen LogP contribution in [0.5, 0.6) is 5.75 Å². The zero-order chi connectivity index (χ0) is 24.3. The Bertz CT molecular complexity index is 1100. The van der Waals surface area contributed by atoms with Crippen LogP contribution in [0, 0.1) is 11.6 Å². The number of anilines is 3. The van der Waals surface area contributed by atoms with Crippen LogP contribution in [0.15, 0.2) is 36.8 Å². The molecule has 1 saturated heterocycles. The van der Waals surface area contributed by atoms with Crippen LogP contribution in [-0.4, -0.2) is 48.7 Å². The lowest BCUT2D eigenvalue weighted by Crippen LogP contribution is -2.60. The molecule has 0 aliphatic carbocycles. The van der Waals surface area contributed by atoms with Gasteiger partial charge >= 0.3 is 0 Å². The molecule has 2 aromatic heterocycles. The van der Waals surface area contributed by atoms with Crippen molar-refractivity contribution in [1.29, 1.82) is 0 Å². The number of benzene rings is 1. The maximum atomic E-state index is 14.5. The quantitative estimate of drug-likeness (QED) is 0.454. The van der Waals surface area contributed by atoms with Crippen LogP contribution in [0.4, 0.5) is 26.2 Å². The third-order valence-corrected chi connectivity index (χ3v) is 5.46. The smallest absolute Gasteiger partial charge is 0.229 e. The highest BCUT2D eigenvalue weighted by Crippen LogP contribution is 2.31. The van der Waals surface area contributed by atoms with Crippen molar-refractivity contribution in [2.24, 2.45) is 0 Å². The molecule has 1 aromatic carbocycles. The predicted octanol–water partition coefficient (Wildman–Crippen LogP) is 3.89. The normalized spacial score (nSPS) is 17.4. The second kappa shape index (κ2) is 9.49. The van der Waals surface area contributed by atoms with Crippen molar-refractivity contribution in [3.63, 3.8) is 0 Å². The van der Waals surface area contributed by atoms with E-state index in [0.717, 1.165) is 19.0 Å². The molecule has 34 heavy (non-hydrogen) atoms. The van der Waals surface area contributed by atoms with Crippen LogP contribution >= 0.6 is 0 Å². The first-order valence-corrected chi connectivity index (χ1v) is 11.2. The van der Waals surface area contributed by atoms with Gasteiger partial charge in [-0.1, -0.05) is 5.21 Å². The second-order valence-electron chi connectivity index (χ2n) is 9.85. The summed E-state index contributed by atoms with van der Waals surface area (Å²) in [5.41, 5.74) is 0.184. The van der Waals surface area contributed by atoms with Crippen LogP contribution in [0.2, 0.25) is 0 Å². The van der Waals surface area contributed by atoms with Gasteiger partial charge in [-0.2, -0.15) is 4.98 Å². The minimum atomic E-state index is -0.545. The van der Waals surface area contributed by atoms with Crippen molar-refractivity contribution < 1.29 is 13.5 Å². The van der Waals surface area contributed by atoms with Crippen molar-refractivity contribution in [2.45, 2.75) is 64.2 Å². The van der Waals surface area contributed by atoms with Crippen LogP contribution in [0.25, 0.3) is 0 Å². The van der Waals surface area contributed by atoms with E-state index in [1.165, 1.54) is 12.1 Å². The topological polar surface area (TPSA) is 102 Å². The first kappa shape index (κ1) is 23.8. The molecule has 0 atom stereocenters. The van der Waals surface area contributed by atoms with E-state index < -0.39 is 11.6 Å². The largest absolute Gasteiger partial charge is 0.491 e. The number of hydrogen-bond donors (Lipinski definition) is 3. The number of aromatic nitrogens is 5. The van der Waals surface area contributed by atoms with E-state index >= 15 is 0 Å². The molecule has 3 N–H and O–H groups in total. The van der Waals surface area contributed by atoms with Crippen molar-refractivity contribution in [3.8, 4) is 5.75 Å². The van der Waals surface area contributed by atoms with Crippen LogP contribution in [0.1, 0.15) is 40.5 Å². The number of piperidine rings is 1. The standard InChI is InChI=1S/C23H30F2N8O/c1-22(2)12-17(13-23(3,4)31-22)28-20-19(25)14-26-21(30-20)29-16-9-15(24)10-18(11-16)34-8-7-33-6-5-27-32-33/h5-6,9-11,14,17,31H,7-8,12-13H2,1-4H3,(H2,26,28,29,30). The Morgan fingerprint density at radius 2 is 1.91 bits per heavy atom. The molecular weight excluding hydrogens is 442 g/mol. The van der Waals surface area contributed by atoms with Gasteiger partial charge in [0.2, 0.25) is 5.95 Å². The van der Waals surface area contributed by atoms with E-state index in [2.05, 4.69) is 63.9 Å². The van der Waals surface area contributed by atoms with Gasteiger partial charge < -0.3 is 20.7 Å². The molecule has 1 fully saturated rings. The highest BCUT2D eigenvalue weighted by atomic mass is 19.1. The predicted molar refractivity (Wildman–Crippen MR) is 125 cm³/mol. The molecule has 182 valence electrons. The fourth-order valence-electron chi connectivity index (χ4n) is 4.60. The molecule has 0 amide bonds. The Kier molecular flexibility index (Phi) is 6.65. The van der Waals surface area contributed by atoms with Gasteiger partial charge in [0.15, 0.2) is 11.6 Å². The molecule has 0 unspecified atom stereocenters. The molecule has 1 aliphatic heterocycles. The van der Waals surface area contributed by atoms with Crippen molar-refractivity contribution in [2.75, 3.05) is 17.2 Å². The summed E-state index contributed by atoms with van der Waals surface area (Å²) >= 11 is 0. The van der Waals surface area contributed by atoms with Gasteiger partial charge in [0.25, 0.3) is 0 Å². The average molecular weight is 473 g/mol. The van der Waals surface area contributed by atoms with Crippen molar-refractivity contribution >= 4 is 17.5 Å². The van der Waals surface area contributed by atoms with E-state index in [4.69, 9.17) is 4.74 Å². The number of halogens is 2. The summed E-state index contributed by atoms with van der Waals surface area (Å²) in [6, 6.07) is 4.23. The average Bonchev–Trinajstić information content (AvgIpc) is 3.21. The van der Waals surface area contributed by atoms with Gasteiger partial charge in [-0.25, -0.2) is 18.4 Å². The summed E-state index contributed by atoms with van der Waals surface area (Å²) in [6.45, 7) is 9.27. The van der Waals surface area contributed by atoms with Crippen LogP contribution < -0.4 is 20.7 Å². The lowest BCUT2D eigenvalue weighted by Gasteiger charge is -2.46. The van der Waals surface area contributed by atoms with Gasteiger partial charge in [0.1, 0.15) is 18.2 Å². The van der Waals surface area contributed by atoms with E-state index in [1.54, 1.807) is 23.1 Å². The van der Waals surface area contributed by atoms with Gasteiger partial charge in [-0.15, -0.1) is 5.10 Å². The Labute approximate surface area is 197 Å². The van der Waals surface area contributed by atoms with Crippen molar-refractivity contribution in [1.82, 2.24) is 30.3 Å². The number of hydrogen-bond acceptors (Lipinski definition) is 8. The van der Waals surface area contributed by atoms with Crippen molar-refractivity contribution in [3.05, 3.63) is 48.4 Å². The second-order valence-corrected chi connectivity index (χ2v) is 9.85. The van der Waals surface area contributed by atoms with Crippen LogP contribution in [0.3, 0.4) is 0 Å². The molecule has 0 radical (unpaired) electrons. The number of rotatable bonds is 8. The zero-order valence-corrected chi connectivity index (χ0v) is 19.8. The Balaban J connectivity index is 1.44. The summed E-state index contributed by atoms with van der Waals surface area (Å²) < 4.78 is 35.9. The number of nitrogens with one attached hydrogen (secondary N) is 3. The van der Waals surface area contributed by atoms with Gasteiger partial charge in [-0.05, 0) is 46.6 Å². The minimum Gasteiger partial charge on any atom is -0.491 e. The first-order valence-electron chi connectivity index (χ1n) is 11.2. The van der Waals surface area contributed by atoms with E-state index in [-0.39, 0.29) is 35.5 Å². The fourth-order valence-corrected chi connectivity index (χ4v) is 4.60. The molecule has 0 spiro atoms. The third kappa shape index (κ3) is 6.37. The maximum Gasteiger partial charge on any atom is 0.229 e. The zero-order valence-electron chi connectivity index (χ0n) is 19.8. The Hall–Kier alpha value is -3.34. The number of ether oxygens (including phenoxy) is 1. The molecule has 3 heterocycles. The summed E-state index contributed by atoms with van der Waals surface area (Å²) in [6.07, 6.45) is 6.00. The molecule has 0 bridgehead atoms. The summed E-state index contributed by atoms with van der Waals surface area (Å²) in [5, 5.41) is 17.4. The highest BCUT2D eigenvalue weighted by molar-refractivity contribution is 5.57. The lowest BCUT2D eigenvalue weighted by atomic mass is 9.79. The monoisotopic (exact) mass is 472 g/mol. The first-order chi connectivity index (χ1) is 16.1. The number of nitrogens with zero attached hydrogens (tertiary/aromatic N) is 5. The molecule has 0 saturated carbocycles.